The van der Waals surface area contributed by atoms with Gasteiger partial charge in [-0.25, -0.2) is 0 Å². The minimum absolute atomic E-state index is 0.435. The van der Waals surface area contributed by atoms with Crippen molar-refractivity contribution < 1.29 is 0 Å². The minimum atomic E-state index is 0.435. The van der Waals surface area contributed by atoms with Crippen molar-refractivity contribution in [3.8, 4) is 0 Å². The molecular formula is C11H18N2. The first-order chi connectivity index (χ1) is 6.36. The summed E-state index contributed by atoms with van der Waals surface area (Å²) in [4.78, 5) is 2.46. The molecule has 2 rings (SSSR count). The predicted molar refractivity (Wildman–Crippen MR) is 55.2 cm³/mol. The lowest BCUT2D eigenvalue weighted by Gasteiger charge is -2.33. The van der Waals surface area contributed by atoms with Gasteiger partial charge in [0.1, 0.15) is 0 Å². The van der Waals surface area contributed by atoms with Crippen LogP contribution in [-0.4, -0.2) is 24.0 Å². The molecule has 1 aliphatic carbocycles. The van der Waals surface area contributed by atoms with Crippen LogP contribution in [0, 0.1) is 0 Å². The maximum atomic E-state index is 5.86. The van der Waals surface area contributed by atoms with Crippen molar-refractivity contribution in [2.45, 2.75) is 31.7 Å². The van der Waals surface area contributed by atoms with Gasteiger partial charge in [0.25, 0.3) is 0 Å². The topological polar surface area (TPSA) is 29.3 Å². The van der Waals surface area contributed by atoms with E-state index in [-0.39, 0.29) is 0 Å². The van der Waals surface area contributed by atoms with Crippen molar-refractivity contribution in [3.05, 3.63) is 23.9 Å². The van der Waals surface area contributed by atoms with Gasteiger partial charge in [0, 0.05) is 24.8 Å². The van der Waals surface area contributed by atoms with Crippen molar-refractivity contribution in [1.82, 2.24) is 4.90 Å². The maximum Gasteiger partial charge on any atom is 0.0322 e. The van der Waals surface area contributed by atoms with Crippen LogP contribution in [0.2, 0.25) is 0 Å². The highest BCUT2D eigenvalue weighted by atomic mass is 15.1. The van der Waals surface area contributed by atoms with Crippen molar-refractivity contribution in [2.24, 2.45) is 5.73 Å². The zero-order chi connectivity index (χ0) is 9.10. The van der Waals surface area contributed by atoms with E-state index in [2.05, 4.69) is 23.1 Å². The molecule has 0 bridgehead atoms. The van der Waals surface area contributed by atoms with Gasteiger partial charge >= 0.3 is 0 Å². The Labute approximate surface area is 80.1 Å². The molecule has 1 heterocycles. The lowest BCUT2D eigenvalue weighted by atomic mass is 10.0. The Morgan fingerprint density at radius 3 is 2.62 bits per heavy atom. The van der Waals surface area contributed by atoms with Crippen LogP contribution in [0.15, 0.2) is 23.9 Å². The van der Waals surface area contributed by atoms with Gasteiger partial charge < -0.3 is 10.6 Å². The Balaban J connectivity index is 1.94. The third-order valence-electron chi connectivity index (χ3n) is 2.88. The fourth-order valence-electron chi connectivity index (χ4n) is 1.99. The Hall–Kier alpha value is -0.760. The van der Waals surface area contributed by atoms with Crippen molar-refractivity contribution in [3.63, 3.8) is 0 Å². The monoisotopic (exact) mass is 178 g/mol. The van der Waals surface area contributed by atoms with E-state index in [4.69, 9.17) is 5.73 Å². The highest BCUT2D eigenvalue weighted by Gasteiger charge is 2.16. The van der Waals surface area contributed by atoms with Crippen molar-refractivity contribution in [2.75, 3.05) is 13.1 Å². The number of allylic oxidation sites excluding steroid dienone is 3. The second-order valence-electron chi connectivity index (χ2n) is 3.93. The molecule has 2 heteroatoms. The van der Waals surface area contributed by atoms with Gasteiger partial charge in [-0.15, -0.1) is 0 Å². The molecule has 13 heavy (non-hydrogen) atoms. The number of likely N-dealkylation sites (tertiary alicyclic amines) is 1. The summed E-state index contributed by atoms with van der Waals surface area (Å²) in [6, 6.07) is 0.435. The van der Waals surface area contributed by atoms with E-state index < -0.39 is 0 Å². The second kappa shape index (κ2) is 3.97. The van der Waals surface area contributed by atoms with E-state index in [0.717, 1.165) is 25.9 Å². The molecule has 0 aromatic heterocycles. The SMILES string of the molecule is NC1CCN(C2=CCCC=C2)CC1. The van der Waals surface area contributed by atoms with Gasteiger partial charge in [-0.2, -0.15) is 0 Å². The van der Waals surface area contributed by atoms with E-state index in [1.165, 1.54) is 18.5 Å². The van der Waals surface area contributed by atoms with Crippen LogP contribution in [0.3, 0.4) is 0 Å². The van der Waals surface area contributed by atoms with Crippen LogP contribution in [0.4, 0.5) is 0 Å². The Kier molecular flexibility index (Phi) is 2.69. The van der Waals surface area contributed by atoms with E-state index in [9.17, 15) is 0 Å². The maximum absolute atomic E-state index is 5.86. The molecule has 2 aliphatic rings. The van der Waals surface area contributed by atoms with Gasteiger partial charge in [0.2, 0.25) is 0 Å². The van der Waals surface area contributed by atoms with Crippen LogP contribution in [0.1, 0.15) is 25.7 Å². The van der Waals surface area contributed by atoms with E-state index in [0.29, 0.717) is 6.04 Å². The Morgan fingerprint density at radius 2 is 2.00 bits per heavy atom. The van der Waals surface area contributed by atoms with Crippen molar-refractivity contribution in [1.29, 1.82) is 0 Å². The summed E-state index contributed by atoms with van der Waals surface area (Å²) in [6.45, 7) is 2.27. The van der Waals surface area contributed by atoms with Crippen LogP contribution >= 0.6 is 0 Å². The first-order valence-electron chi connectivity index (χ1n) is 5.23. The molecule has 0 amide bonds. The first-order valence-corrected chi connectivity index (χ1v) is 5.23. The lowest BCUT2D eigenvalue weighted by molar-refractivity contribution is 0.269. The molecule has 2 nitrogen and oxygen atoms in total. The quantitative estimate of drug-likeness (QED) is 0.661. The molecule has 0 saturated carbocycles. The van der Waals surface area contributed by atoms with Crippen molar-refractivity contribution >= 4 is 0 Å². The van der Waals surface area contributed by atoms with E-state index in [1.807, 2.05) is 0 Å². The summed E-state index contributed by atoms with van der Waals surface area (Å²) in [5.74, 6) is 0. The van der Waals surface area contributed by atoms with Gasteiger partial charge in [-0.1, -0.05) is 12.2 Å². The molecule has 0 spiro atoms. The largest absolute Gasteiger partial charge is 0.372 e. The zero-order valence-electron chi connectivity index (χ0n) is 8.08. The van der Waals surface area contributed by atoms with Gasteiger partial charge in [-0.3, -0.25) is 0 Å². The fourth-order valence-corrected chi connectivity index (χ4v) is 1.99. The predicted octanol–water partition coefficient (Wildman–Crippen LogP) is 1.64. The fraction of sp³-hybridized carbons (Fsp3) is 0.636. The van der Waals surface area contributed by atoms with Crippen LogP contribution in [0.25, 0.3) is 0 Å². The van der Waals surface area contributed by atoms with Gasteiger partial charge in [0.05, 0.1) is 0 Å². The van der Waals surface area contributed by atoms with Crippen LogP contribution < -0.4 is 5.73 Å². The van der Waals surface area contributed by atoms with Crippen LogP contribution in [0.5, 0.6) is 0 Å². The second-order valence-corrected chi connectivity index (χ2v) is 3.93. The smallest absolute Gasteiger partial charge is 0.0322 e. The molecule has 0 radical (unpaired) electrons. The molecule has 1 fully saturated rings. The average molecular weight is 178 g/mol. The third kappa shape index (κ3) is 2.13. The average Bonchev–Trinajstić information content (AvgIpc) is 2.20. The number of hydrogen-bond donors (Lipinski definition) is 1. The Bertz CT molecular complexity index is 222. The summed E-state index contributed by atoms with van der Waals surface area (Å²) in [5.41, 5.74) is 7.28. The first kappa shape index (κ1) is 8.82. The molecule has 0 aromatic carbocycles. The molecule has 1 saturated heterocycles. The molecular weight excluding hydrogens is 160 g/mol. The highest BCUT2D eigenvalue weighted by molar-refractivity contribution is 5.21. The highest BCUT2D eigenvalue weighted by Crippen LogP contribution is 2.18. The number of piperidine rings is 1. The zero-order valence-corrected chi connectivity index (χ0v) is 8.08. The van der Waals surface area contributed by atoms with E-state index in [1.54, 1.807) is 0 Å². The molecule has 0 aromatic rings. The number of hydrogen-bond acceptors (Lipinski definition) is 2. The minimum Gasteiger partial charge on any atom is -0.372 e. The Morgan fingerprint density at radius 1 is 1.23 bits per heavy atom. The summed E-state index contributed by atoms with van der Waals surface area (Å²) in [7, 11) is 0. The van der Waals surface area contributed by atoms with E-state index >= 15 is 0 Å². The third-order valence-corrected chi connectivity index (χ3v) is 2.88. The van der Waals surface area contributed by atoms with Gasteiger partial charge in [-0.05, 0) is 31.8 Å². The lowest BCUT2D eigenvalue weighted by Crippen LogP contribution is -2.38. The molecule has 72 valence electrons. The summed E-state index contributed by atoms with van der Waals surface area (Å²) < 4.78 is 0. The molecule has 1 aliphatic heterocycles. The van der Waals surface area contributed by atoms with Gasteiger partial charge in [0.15, 0.2) is 0 Å². The number of rotatable bonds is 1. The van der Waals surface area contributed by atoms with Crippen LogP contribution in [-0.2, 0) is 0 Å². The standard InChI is InChI=1S/C11H18N2/c12-10-6-8-13(9-7-10)11-4-2-1-3-5-11/h2,4-5,10H,1,3,6-9,12H2. The molecule has 0 atom stereocenters. The summed E-state index contributed by atoms with van der Waals surface area (Å²) >= 11 is 0. The normalized spacial score (nSPS) is 24.7. The molecule has 0 unspecified atom stereocenters. The number of nitrogens with two attached hydrogens (primary N) is 1. The summed E-state index contributed by atoms with van der Waals surface area (Å²) in [6.07, 6.45) is 11.6. The number of nitrogens with zero attached hydrogens (tertiary/aromatic N) is 1. The summed E-state index contributed by atoms with van der Waals surface area (Å²) in [5, 5.41) is 0. The molecule has 2 N–H and O–H groups in total.